The van der Waals surface area contributed by atoms with Gasteiger partial charge in [0.1, 0.15) is 4.90 Å². The molecule has 0 atom stereocenters. The molecule has 2 aliphatic carbocycles. The number of carbonyl (C=O) groups excluding carboxylic acids is 2. The van der Waals surface area contributed by atoms with Gasteiger partial charge in [-0.05, 0) is 85.4 Å². The largest absolute Gasteiger partial charge is 0.377 e. The van der Waals surface area contributed by atoms with Crippen LogP contribution in [0.4, 0.5) is 0 Å². The van der Waals surface area contributed by atoms with Crippen molar-refractivity contribution in [1.29, 1.82) is 0 Å². The molecule has 2 aromatic carbocycles. The van der Waals surface area contributed by atoms with E-state index in [4.69, 9.17) is 4.18 Å². The molecule has 0 saturated heterocycles. The van der Waals surface area contributed by atoms with E-state index in [1.165, 1.54) is 12.1 Å². The summed E-state index contributed by atoms with van der Waals surface area (Å²) in [5.41, 5.74) is 3.60. The molecule has 6 nitrogen and oxygen atoms in total. The summed E-state index contributed by atoms with van der Waals surface area (Å²) in [6.07, 6.45) is 2.26. The second-order valence-electron chi connectivity index (χ2n) is 12.3. The predicted molar refractivity (Wildman–Crippen MR) is 157 cm³/mol. The summed E-state index contributed by atoms with van der Waals surface area (Å²) in [4.78, 5) is 29.6. The summed E-state index contributed by atoms with van der Waals surface area (Å²) < 4.78 is 32.2. The van der Waals surface area contributed by atoms with Gasteiger partial charge in [0.25, 0.3) is 0 Å². The average molecular weight is 677 g/mol. The molecule has 0 unspecified atom stereocenters. The van der Waals surface area contributed by atoms with Gasteiger partial charge in [0, 0.05) is 48.3 Å². The molecular formula is C30H31Br2NO5S. The van der Waals surface area contributed by atoms with Crippen LogP contribution >= 0.6 is 31.9 Å². The lowest BCUT2D eigenvalue weighted by Gasteiger charge is -2.48. The monoisotopic (exact) mass is 675 g/mol. The molecule has 0 radical (unpaired) electrons. The maximum Gasteiger partial charge on any atom is 0.339 e. The molecule has 0 N–H and O–H groups in total. The second-order valence-corrected chi connectivity index (χ2v) is 15.5. The first kappa shape index (κ1) is 28.3. The number of Topliss-reactive ketones (excluding diaryl/α,β-unsaturated/α-hetero) is 2. The smallest absolute Gasteiger partial charge is 0.339 e. The molecule has 3 aliphatic rings. The Hall–Kier alpha value is -2.23. The average Bonchev–Trinajstić information content (AvgIpc) is 2.82. The Balaban J connectivity index is 1.66. The van der Waals surface area contributed by atoms with Crippen molar-refractivity contribution in [3.8, 4) is 5.75 Å². The van der Waals surface area contributed by atoms with Crippen LogP contribution in [-0.2, 0) is 19.7 Å². The van der Waals surface area contributed by atoms with E-state index in [-0.39, 0.29) is 33.0 Å². The number of halogens is 2. The first-order valence-corrected chi connectivity index (χ1v) is 15.8. The second kappa shape index (κ2) is 9.70. The molecule has 0 amide bonds. The van der Waals surface area contributed by atoms with Crippen LogP contribution in [0.15, 0.2) is 78.8 Å². The standard InChI is InChI=1S/C30H31Br2NO5S/c1-29(2)13-21-26(23(34)15-29)25(27-22(33(21)5)14-30(3,4)16-24(27)35)17-11-19(31)28(20(32)12-17)38-39(36,37)18-9-7-6-8-10-18/h6-12,25H,13-16H2,1-5H3. The Kier molecular flexibility index (Phi) is 7.04. The van der Waals surface area contributed by atoms with Gasteiger partial charge in [-0.2, -0.15) is 8.42 Å². The van der Waals surface area contributed by atoms with Crippen LogP contribution in [0.1, 0.15) is 64.9 Å². The Morgan fingerprint density at radius 1 is 0.821 bits per heavy atom. The zero-order chi connectivity index (χ0) is 28.5. The Labute approximate surface area is 246 Å². The van der Waals surface area contributed by atoms with Gasteiger partial charge in [-0.25, -0.2) is 0 Å². The quantitative estimate of drug-likeness (QED) is 0.317. The molecule has 2 aromatic rings. The molecule has 0 spiro atoms. The summed E-state index contributed by atoms with van der Waals surface area (Å²) in [6.45, 7) is 8.40. The third-order valence-corrected chi connectivity index (χ3v) is 10.2. The Morgan fingerprint density at radius 2 is 1.28 bits per heavy atom. The minimum Gasteiger partial charge on any atom is -0.377 e. The van der Waals surface area contributed by atoms with Crippen LogP contribution in [0.25, 0.3) is 0 Å². The van der Waals surface area contributed by atoms with Crippen molar-refractivity contribution < 1.29 is 22.2 Å². The highest BCUT2D eigenvalue weighted by atomic mass is 79.9. The van der Waals surface area contributed by atoms with Gasteiger partial charge in [-0.3, -0.25) is 9.59 Å². The lowest BCUT2D eigenvalue weighted by molar-refractivity contribution is -0.119. The molecule has 1 aliphatic heterocycles. The van der Waals surface area contributed by atoms with Crippen molar-refractivity contribution >= 4 is 53.5 Å². The molecule has 5 rings (SSSR count). The van der Waals surface area contributed by atoms with E-state index in [1.54, 1.807) is 30.3 Å². The van der Waals surface area contributed by atoms with Gasteiger partial charge >= 0.3 is 10.1 Å². The number of carbonyl (C=O) groups is 2. The van der Waals surface area contributed by atoms with Gasteiger partial charge < -0.3 is 9.08 Å². The van der Waals surface area contributed by atoms with E-state index in [2.05, 4.69) is 64.5 Å². The topological polar surface area (TPSA) is 80.8 Å². The van der Waals surface area contributed by atoms with Crippen molar-refractivity contribution in [2.75, 3.05) is 7.05 Å². The van der Waals surface area contributed by atoms with Gasteiger partial charge in [0.05, 0.1) is 8.95 Å². The van der Waals surface area contributed by atoms with Crippen LogP contribution < -0.4 is 4.18 Å². The van der Waals surface area contributed by atoms with Crippen LogP contribution in [0.3, 0.4) is 0 Å². The number of hydrogen-bond donors (Lipinski definition) is 0. The number of ketones is 2. The van der Waals surface area contributed by atoms with E-state index in [0.717, 1.165) is 29.8 Å². The van der Waals surface area contributed by atoms with E-state index < -0.39 is 16.0 Å². The van der Waals surface area contributed by atoms with Gasteiger partial charge in [0.15, 0.2) is 17.3 Å². The highest BCUT2D eigenvalue weighted by molar-refractivity contribution is 9.11. The Morgan fingerprint density at radius 3 is 1.74 bits per heavy atom. The number of allylic oxidation sites excluding steroid dienone is 4. The lowest BCUT2D eigenvalue weighted by Crippen LogP contribution is -2.43. The fourth-order valence-corrected chi connectivity index (χ4v) is 8.65. The number of hydrogen-bond acceptors (Lipinski definition) is 6. The molecule has 39 heavy (non-hydrogen) atoms. The molecule has 0 fully saturated rings. The van der Waals surface area contributed by atoms with Gasteiger partial charge in [-0.15, -0.1) is 0 Å². The minimum absolute atomic E-state index is 0.0404. The fraction of sp³-hybridized carbons (Fsp3) is 0.400. The summed E-state index contributed by atoms with van der Waals surface area (Å²) in [6, 6.07) is 11.5. The molecule has 206 valence electrons. The highest BCUT2D eigenvalue weighted by Crippen LogP contribution is 2.54. The molecule has 0 aromatic heterocycles. The van der Waals surface area contributed by atoms with Crippen molar-refractivity contribution in [2.24, 2.45) is 10.8 Å². The molecule has 0 bridgehead atoms. The maximum absolute atomic E-state index is 13.7. The van der Waals surface area contributed by atoms with Gasteiger partial charge in [0.2, 0.25) is 0 Å². The van der Waals surface area contributed by atoms with Crippen LogP contribution in [0, 0.1) is 10.8 Å². The Bertz CT molecular complexity index is 1490. The zero-order valence-corrected chi connectivity index (χ0v) is 26.6. The van der Waals surface area contributed by atoms with Crippen LogP contribution in [0.2, 0.25) is 0 Å². The first-order chi connectivity index (χ1) is 18.1. The van der Waals surface area contributed by atoms with Gasteiger partial charge in [-0.1, -0.05) is 45.9 Å². The normalized spacial score (nSPS) is 21.2. The third-order valence-electron chi connectivity index (χ3n) is 7.76. The summed E-state index contributed by atoms with van der Waals surface area (Å²) in [5.74, 6) is -0.347. The van der Waals surface area contributed by atoms with Crippen molar-refractivity contribution in [3.05, 3.63) is 79.5 Å². The summed E-state index contributed by atoms with van der Waals surface area (Å²) in [7, 11) is -2.10. The number of rotatable bonds is 4. The van der Waals surface area contributed by atoms with E-state index in [9.17, 15) is 18.0 Å². The molecule has 0 saturated carbocycles. The van der Waals surface area contributed by atoms with Crippen molar-refractivity contribution in [1.82, 2.24) is 4.90 Å². The third kappa shape index (κ3) is 5.18. The highest BCUT2D eigenvalue weighted by Gasteiger charge is 2.48. The van der Waals surface area contributed by atoms with E-state index in [1.807, 2.05) is 7.05 Å². The van der Waals surface area contributed by atoms with Crippen LogP contribution in [0.5, 0.6) is 5.75 Å². The number of benzene rings is 2. The lowest BCUT2D eigenvalue weighted by atomic mass is 9.64. The first-order valence-electron chi connectivity index (χ1n) is 12.8. The molecule has 1 heterocycles. The summed E-state index contributed by atoms with van der Waals surface area (Å²) >= 11 is 7.02. The fourth-order valence-electron chi connectivity index (χ4n) is 6.07. The molecular weight excluding hydrogens is 646 g/mol. The van der Waals surface area contributed by atoms with Crippen LogP contribution in [-0.4, -0.2) is 31.9 Å². The van der Waals surface area contributed by atoms with Crippen molar-refractivity contribution in [3.63, 3.8) is 0 Å². The van der Waals surface area contributed by atoms with E-state index in [0.29, 0.717) is 32.9 Å². The summed E-state index contributed by atoms with van der Waals surface area (Å²) in [5, 5.41) is 0. The zero-order valence-electron chi connectivity index (χ0n) is 22.6. The minimum atomic E-state index is -4.08. The number of nitrogens with zero attached hydrogens (tertiary/aromatic N) is 1. The van der Waals surface area contributed by atoms with E-state index >= 15 is 0 Å². The predicted octanol–water partition coefficient (Wildman–Crippen LogP) is 7.29. The maximum atomic E-state index is 13.7. The molecule has 9 heteroatoms. The SMILES string of the molecule is CN1C2=C(C(=O)CC(C)(C)C2)C(c2cc(Br)c(OS(=O)(=O)c3ccccc3)c(Br)c2)C2=C1CC(C)(C)CC2=O. The van der Waals surface area contributed by atoms with Crippen molar-refractivity contribution in [2.45, 2.75) is 64.2 Å².